The van der Waals surface area contributed by atoms with Gasteiger partial charge in [0.05, 0.1) is 5.69 Å². The molecule has 0 N–H and O–H groups in total. The molecule has 2 aromatic carbocycles. The molecule has 0 radical (unpaired) electrons. The van der Waals surface area contributed by atoms with Crippen LogP contribution in [0.3, 0.4) is 0 Å². The van der Waals surface area contributed by atoms with Gasteiger partial charge in [0.2, 0.25) is 0 Å². The second kappa shape index (κ2) is 7.67. The van der Waals surface area contributed by atoms with E-state index in [1.165, 1.54) is 40.1 Å². The van der Waals surface area contributed by atoms with Crippen LogP contribution in [-0.4, -0.2) is 11.0 Å². The lowest BCUT2D eigenvalue weighted by atomic mass is 9.91. The molecule has 2 aromatic rings. The molecule has 0 saturated carbocycles. The zero-order chi connectivity index (χ0) is 17.9. The van der Waals surface area contributed by atoms with Gasteiger partial charge < -0.3 is 0 Å². The van der Waals surface area contributed by atoms with Crippen LogP contribution in [0.4, 0.5) is 5.69 Å². The smallest absolute Gasteiger partial charge is 0.0771 e. The van der Waals surface area contributed by atoms with Gasteiger partial charge in [-0.05, 0) is 43.0 Å². The van der Waals surface area contributed by atoms with Gasteiger partial charge in [0.15, 0.2) is 0 Å². The minimum absolute atomic E-state index is 0.423. The van der Waals surface area contributed by atoms with E-state index in [1.54, 1.807) is 0 Å². The van der Waals surface area contributed by atoms with Crippen molar-refractivity contribution in [2.45, 2.75) is 43.3 Å². The lowest BCUT2D eigenvalue weighted by molar-refractivity contribution is 0.786. The summed E-state index contributed by atoms with van der Waals surface area (Å²) in [5.74, 6) is 0.423. The predicted octanol–water partition coefficient (Wildman–Crippen LogP) is 7.14. The van der Waals surface area contributed by atoms with E-state index in [0.29, 0.717) is 11.2 Å². The fourth-order valence-electron chi connectivity index (χ4n) is 3.66. The van der Waals surface area contributed by atoms with Crippen LogP contribution in [-0.2, 0) is 0 Å². The summed E-state index contributed by atoms with van der Waals surface area (Å²) in [6, 6.07) is 15.5. The molecule has 1 aliphatic carbocycles. The van der Waals surface area contributed by atoms with Crippen molar-refractivity contribution in [1.82, 2.24) is 0 Å². The van der Waals surface area contributed by atoms with Crippen LogP contribution in [0, 0.1) is 12.8 Å². The van der Waals surface area contributed by atoms with Gasteiger partial charge in [-0.2, -0.15) is 0 Å². The molecule has 2 unspecified atom stereocenters. The number of unbranched alkanes of at least 4 members (excludes halogenated alkanes) is 1. The van der Waals surface area contributed by atoms with Gasteiger partial charge in [0.25, 0.3) is 0 Å². The molecule has 2 heteroatoms. The predicted molar refractivity (Wildman–Crippen MR) is 115 cm³/mol. The second-order valence-electron chi connectivity index (χ2n) is 7.14. The number of thioether (sulfide) groups is 1. The molecule has 4 rings (SSSR count). The topological polar surface area (TPSA) is 12.4 Å². The van der Waals surface area contributed by atoms with Crippen molar-refractivity contribution >= 4 is 23.2 Å². The minimum atomic E-state index is 0.423. The minimum Gasteiger partial charge on any atom is -0.256 e. The van der Waals surface area contributed by atoms with E-state index in [-0.39, 0.29) is 0 Å². The summed E-state index contributed by atoms with van der Waals surface area (Å²) in [7, 11) is 0. The third-order valence-corrected chi connectivity index (χ3v) is 6.41. The highest BCUT2D eigenvalue weighted by Crippen LogP contribution is 2.43. The number of nitrogens with zero attached hydrogens (tertiary/aromatic N) is 1. The van der Waals surface area contributed by atoms with Gasteiger partial charge >= 0.3 is 0 Å². The van der Waals surface area contributed by atoms with E-state index >= 15 is 0 Å². The van der Waals surface area contributed by atoms with Crippen molar-refractivity contribution in [3.8, 4) is 11.1 Å². The highest BCUT2D eigenvalue weighted by molar-refractivity contribution is 8.00. The molecule has 132 valence electrons. The third kappa shape index (κ3) is 3.57. The van der Waals surface area contributed by atoms with Crippen molar-refractivity contribution in [3.63, 3.8) is 0 Å². The molecule has 0 saturated heterocycles. The van der Waals surface area contributed by atoms with Crippen LogP contribution in [0.2, 0.25) is 0 Å². The SMILES string of the molecule is CCCCC1=Nc2cc(-c3cccc(C)c3)ccc2SC2C=CC=CC12. The van der Waals surface area contributed by atoms with Gasteiger partial charge in [-0.25, -0.2) is 0 Å². The van der Waals surface area contributed by atoms with Crippen molar-refractivity contribution in [1.29, 1.82) is 0 Å². The average Bonchev–Trinajstić information content (AvgIpc) is 2.82. The zero-order valence-corrected chi connectivity index (χ0v) is 16.3. The second-order valence-corrected chi connectivity index (χ2v) is 8.36. The average molecular weight is 360 g/mol. The van der Waals surface area contributed by atoms with E-state index in [9.17, 15) is 0 Å². The molecule has 2 atom stereocenters. The Labute approximate surface area is 160 Å². The van der Waals surface area contributed by atoms with Crippen LogP contribution in [0.15, 0.2) is 76.7 Å². The molecule has 26 heavy (non-hydrogen) atoms. The summed E-state index contributed by atoms with van der Waals surface area (Å²) in [5, 5.41) is 0.460. The number of allylic oxidation sites excluding steroid dienone is 3. The number of aryl methyl sites for hydroxylation is 1. The first-order chi connectivity index (χ1) is 12.7. The molecular formula is C24H25NS. The van der Waals surface area contributed by atoms with E-state index in [4.69, 9.17) is 4.99 Å². The molecule has 0 bridgehead atoms. The summed E-state index contributed by atoms with van der Waals surface area (Å²) >= 11 is 1.95. The lowest BCUT2D eigenvalue weighted by Crippen LogP contribution is -2.23. The Morgan fingerprint density at radius 2 is 1.85 bits per heavy atom. The fraction of sp³-hybridized carbons (Fsp3) is 0.292. The summed E-state index contributed by atoms with van der Waals surface area (Å²) in [6.45, 7) is 4.40. The molecular weight excluding hydrogens is 334 g/mol. The molecule has 0 fully saturated rings. The summed E-state index contributed by atoms with van der Waals surface area (Å²) in [5.41, 5.74) is 6.29. The molecule has 0 spiro atoms. The van der Waals surface area contributed by atoms with Gasteiger partial charge in [-0.1, -0.05) is 73.5 Å². The number of hydrogen-bond donors (Lipinski definition) is 0. The number of rotatable bonds is 4. The first-order valence-electron chi connectivity index (χ1n) is 9.55. The molecule has 1 nitrogen and oxygen atoms in total. The first kappa shape index (κ1) is 17.4. The zero-order valence-electron chi connectivity index (χ0n) is 15.5. The Balaban J connectivity index is 1.77. The van der Waals surface area contributed by atoms with Crippen LogP contribution < -0.4 is 0 Å². The van der Waals surface area contributed by atoms with Crippen LogP contribution >= 0.6 is 11.8 Å². The third-order valence-electron chi connectivity index (χ3n) is 5.09. The highest BCUT2D eigenvalue weighted by Gasteiger charge is 2.28. The Bertz CT molecular complexity index is 891. The van der Waals surface area contributed by atoms with Crippen LogP contribution in [0.25, 0.3) is 11.1 Å². The fourth-order valence-corrected chi connectivity index (χ4v) is 4.89. The normalized spacial score (nSPS) is 20.9. The van der Waals surface area contributed by atoms with Crippen molar-refractivity contribution in [2.24, 2.45) is 10.9 Å². The van der Waals surface area contributed by atoms with Gasteiger partial charge in [0, 0.05) is 21.8 Å². The standard InChI is InChI=1S/C24H25NS/c1-3-4-11-21-20-10-5-6-12-23(20)26-24-14-13-19(16-22(24)25-21)18-9-7-8-17(2)15-18/h5-10,12-16,20,23H,3-4,11H2,1-2H3. The van der Waals surface area contributed by atoms with Crippen LogP contribution in [0.5, 0.6) is 0 Å². The van der Waals surface area contributed by atoms with Gasteiger partial charge in [0.1, 0.15) is 0 Å². The van der Waals surface area contributed by atoms with E-state index < -0.39 is 0 Å². The Hall–Kier alpha value is -2.06. The van der Waals surface area contributed by atoms with E-state index in [0.717, 1.165) is 12.1 Å². The number of hydrogen-bond acceptors (Lipinski definition) is 2. The maximum absolute atomic E-state index is 5.18. The van der Waals surface area contributed by atoms with Crippen molar-refractivity contribution in [2.75, 3.05) is 0 Å². The quantitative estimate of drug-likeness (QED) is 0.565. The number of fused-ring (bicyclic) bond motifs is 2. The molecule has 1 heterocycles. The van der Waals surface area contributed by atoms with Gasteiger partial charge in [-0.15, -0.1) is 11.8 Å². The summed E-state index contributed by atoms with van der Waals surface area (Å²) < 4.78 is 0. The molecule has 0 aromatic heterocycles. The van der Waals surface area contributed by atoms with Crippen LogP contribution in [0.1, 0.15) is 31.7 Å². The van der Waals surface area contributed by atoms with E-state index in [2.05, 4.69) is 80.6 Å². The van der Waals surface area contributed by atoms with Gasteiger partial charge in [-0.3, -0.25) is 4.99 Å². The Kier molecular flexibility index (Phi) is 5.12. The van der Waals surface area contributed by atoms with Crippen molar-refractivity contribution in [3.05, 3.63) is 72.3 Å². The first-order valence-corrected chi connectivity index (χ1v) is 10.4. The Morgan fingerprint density at radius 3 is 2.69 bits per heavy atom. The number of benzene rings is 2. The summed E-state index contributed by atoms with van der Waals surface area (Å²) in [6.07, 6.45) is 12.5. The monoisotopic (exact) mass is 359 g/mol. The maximum Gasteiger partial charge on any atom is 0.0771 e. The number of aliphatic imine (C=N–C) groups is 1. The summed E-state index contributed by atoms with van der Waals surface area (Å²) in [4.78, 5) is 6.47. The maximum atomic E-state index is 5.18. The largest absolute Gasteiger partial charge is 0.256 e. The van der Waals surface area contributed by atoms with Crippen molar-refractivity contribution < 1.29 is 0 Å². The lowest BCUT2D eigenvalue weighted by Gasteiger charge is -2.23. The molecule has 2 aliphatic rings. The molecule has 1 aliphatic heterocycles. The molecule has 0 amide bonds. The highest BCUT2D eigenvalue weighted by atomic mass is 32.2. The van der Waals surface area contributed by atoms with E-state index in [1.807, 2.05) is 11.8 Å². The Morgan fingerprint density at radius 1 is 1.00 bits per heavy atom.